The van der Waals surface area contributed by atoms with E-state index in [0.29, 0.717) is 11.7 Å². The molecule has 1 fully saturated rings. The maximum Gasteiger partial charge on any atom is 0.184 e. The summed E-state index contributed by atoms with van der Waals surface area (Å²) in [5.41, 5.74) is 0.806. The zero-order chi connectivity index (χ0) is 11.5. The standard InChI is InChI=1S/C13H20N2O/c1-3-9-15-12(7-8-14-15)13(16)11-6-4-5-10(11)2/h7-8,10-11H,3-6,9H2,1-2H3. The molecule has 1 heterocycles. The molecule has 1 aromatic heterocycles. The number of hydrogen-bond donors (Lipinski definition) is 0. The largest absolute Gasteiger partial charge is 0.292 e. The average Bonchev–Trinajstić information content (AvgIpc) is 2.87. The number of aryl methyl sites for hydroxylation is 1. The summed E-state index contributed by atoms with van der Waals surface area (Å²) in [5.74, 6) is 1.07. The van der Waals surface area contributed by atoms with Crippen molar-refractivity contribution < 1.29 is 4.79 Å². The number of carbonyl (C=O) groups is 1. The molecule has 1 saturated carbocycles. The molecule has 0 N–H and O–H groups in total. The second kappa shape index (κ2) is 4.81. The highest BCUT2D eigenvalue weighted by Gasteiger charge is 2.31. The van der Waals surface area contributed by atoms with Crippen LogP contribution in [0.15, 0.2) is 12.3 Å². The molecule has 16 heavy (non-hydrogen) atoms. The van der Waals surface area contributed by atoms with Crippen molar-refractivity contribution >= 4 is 5.78 Å². The lowest BCUT2D eigenvalue weighted by atomic mass is 9.92. The van der Waals surface area contributed by atoms with Gasteiger partial charge in [-0.15, -0.1) is 0 Å². The van der Waals surface area contributed by atoms with Gasteiger partial charge in [0.15, 0.2) is 5.78 Å². The van der Waals surface area contributed by atoms with Gasteiger partial charge in [-0.3, -0.25) is 9.48 Å². The predicted molar refractivity (Wildman–Crippen MR) is 63.4 cm³/mol. The molecular formula is C13H20N2O. The van der Waals surface area contributed by atoms with Gasteiger partial charge in [0.1, 0.15) is 5.69 Å². The maximum absolute atomic E-state index is 12.4. The SMILES string of the molecule is CCCn1nccc1C(=O)C1CCCC1C. The summed E-state index contributed by atoms with van der Waals surface area (Å²) in [6.07, 6.45) is 6.19. The second-order valence-electron chi connectivity index (χ2n) is 4.82. The van der Waals surface area contributed by atoms with E-state index in [4.69, 9.17) is 0 Å². The van der Waals surface area contributed by atoms with Crippen molar-refractivity contribution in [3.05, 3.63) is 18.0 Å². The number of aromatic nitrogens is 2. The van der Waals surface area contributed by atoms with Gasteiger partial charge < -0.3 is 0 Å². The van der Waals surface area contributed by atoms with Crippen molar-refractivity contribution in [2.75, 3.05) is 0 Å². The summed E-state index contributed by atoms with van der Waals surface area (Å²) < 4.78 is 1.85. The Bertz CT molecular complexity index is 370. The number of carbonyl (C=O) groups excluding carboxylic acids is 1. The lowest BCUT2D eigenvalue weighted by molar-refractivity contribution is 0.0885. The summed E-state index contributed by atoms with van der Waals surface area (Å²) in [4.78, 5) is 12.4. The first-order chi connectivity index (χ1) is 7.74. The van der Waals surface area contributed by atoms with Gasteiger partial charge in [-0.2, -0.15) is 5.10 Å². The van der Waals surface area contributed by atoms with Gasteiger partial charge in [-0.1, -0.05) is 20.3 Å². The van der Waals surface area contributed by atoms with E-state index in [2.05, 4.69) is 18.9 Å². The Morgan fingerprint density at radius 2 is 2.38 bits per heavy atom. The fraction of sp³-hybridized carbons (Fsp3) is 0.692. The van der Waals surface area contributed by atoms with Crippen LogP contribution in [0.4, 0.5) is 0 Å². The highest BCUT2D eigenvalue weighted by molar-refractivity contribution is 5.96. The Hall–Kier alpha value is -1.12. The fourth-order valence-electron chi connectivity index (χ4n) is 2.66. The Kier molecular flexibility index (Phi) is 3.42. The van der Waals surface area contributed by atoms with Gasteiger partial charge in [-0.05, 0) is 31.2 Å². The molecule has 2 unspecified atom stereocenters. The molecule has 3 heteroatoms. The summed E-state index contributed by atoms with van der Waals surface area (Å²) in [6.45, 7) is 5.14. The molecule has 2 rings (SSSR count). The molecule has 0 radical (unpaired) electrons. The molecule has 0 aliphatic heterocycles. The number of rotatable bonds is 4. The van der Waals surface area contributed by atoms with Gasteiger partial charge in [0.05, 0.1) is 0 Å². The third-order valence-electron chi connectivity index (χ3n) is 3.60. The number of ketones is 1. The Balaban J connectivity index is 2.16. The highest BCUT2D eigenvalue weighted by atomic mass is 16.1. The van der Waals surface area contributed by atoms with Crippen LogP contribution in [0, 0.1) is 11.8 Å². The quantitative estimate of drug-likeness (QED) is 0.731. The van der Waals surface area contributed by atoms with E-state index >= 15 is 0 Å². The third-order valence-corrected chi connectivity index (χ3v) is 3.60. The van der Waals surface area contributed by atoms with Crippen LogP contribution in [0.5, 0.6) is 0 Å². The van der Waals surface area contributed by atoms with Crippen molar-refractivity contribution in [1.29, 1.82) is 0 Å². The van der Waals surface area contributed by atoms with E-state index in [9.17, 15) is 4.79 Å². The average molecular weight is 220 g/mol. The molecule has 0 aromatic carbocycles. The van der Waals surface area contributed by atoms with Crippen molar-refractivity contribution in [3.8, 4) is 0 Å². The monoisotopic (exact) mass is 220 g/mol. The summed E-state index contributed by atoms with van der Waals surface area (Å²) in [7, 11) is 0. The molecule has 0 bridgehead atoms. The van der Waals surface area contributed by atoms with Crippen LogP contribution in [0.1, 0.15) is 50.0 Å². The molecule has 88 valence electrons. The van der Waals surface area contributed by atoms with Crippen LogP contribution in [-0.2, 0) is 6.54 Å². The lowest BCUT2D eigenvalue weighted by Gasteiger charge is -2.14. The van der Waals surface area contributed by atoms with E-state index in [1.54, 1.807) is 6.20 Å². The number of nitrogens with zero attached hydrogens (tertiary/aromatic N) is 2. The molecule has 1 aromatic rings. The predicted octanol–water partition coefficient (Wildman–Crippen LogP) is 2.91. The van der Waals surface area contributed by atoms with Crippen LogP contribution < -0.4 is 0 Å². The van der Waals surface area contributed by atoms with Crippen LogP contribution in [0.25, 0.3) is 0 Å². The number of hydrogen-bond acceptors (Lipinski definition) is 2. The maximum atomic E-state index is 12.4. The van der Waals surface area contributed by atoms with Crippen molar-refractivity contribution in [2.45, 2.75) is 46.1 Å². The van der Waals surface area contributed by atoms with Crippen LogP contribution in [0.3, 0.4) is 0 Å². The summed E-state index contributed by atoms with van der Waals surface area (Å²) >= 11 is 0. The lowest BCUT2D eigenvalue weighted by Crippen LogP contribution is -2.21. The molecule has 0 spiro atoms. The first kappa shape index (κ1) is 11.4. The normalized spacial score (nSPS) is 24.9. The summed E-state index contributed by atoms with van der Waals surface area (Å²) in [6, 6.07) is 1.86. The zero-order valence-electron chi connectivity index (χ0n) is 10.1. The van der Waals surface area contributed by atoms with Crippen LogP contribution in [0.2, 0.25) is 0 Å². The Labute approximate surface area is 96.8 Å². The van der Waals surface area contributed by atoms with Gasteiger partial charge in [0, 0.05) is 18.7 Å². The molecule has 1 aliphatic rings. The first-order valence-corrected chi connectivity index (χ1v) is 6.30. The molecule has 0 amide bonds. The van der Waals surface area contributed by atoms with Crippen molar-refractivity contribution in [1.82, 2.24) is 9.78 Å². The zero-order valence-corrected chi connectivity index (χ0v) is 10.1. The molecule has 2 atom stereocenters. The molecule has 3 nitrogen and oxygen atoms in total. The minimum Gasteiger partial charge on any atom is -0.292 e. The van der Waals surface area contributed by atoms with Gasteiger partial charge in [0.2, 0.25) is 0 Å². The van der Waals surface area contributed by atoms with Gasteiger partial charge in [0.25, 0.3) is 0 Å². The van der Waals surface area contributed by atoms with Gasteiger partial charge in [-0.25, -0.2) is 0 Å². The summed E-state index contributed by atoms with van der Waals surface area (Å²) in [5, 5.41) is 4.22. The molecule has 0 saturated heterocycles. The fourth-order valence-corrected chi connectivity index (χ4v) is 2.66. The minimum absolute atomic E-state index is 0.229. The Morgan fingerprint density at radius 3 is 3.00 bits per heavy atom. The van der Waals surface area contributed by atoms with Crippen LogP contribution >= 0.6 is 0 Å². The topological polar surface area (TPSA) is 34.9 Å². The van der Waals surface area contributed by atoms with Crippen molar-refractivity contribution in [3.63, 3.8) is 0 Å². The smallest absolute Gasteiger partial charge is 0.184 e. The second-order valence-corrected chi connectivity index (χ2v) is 4.82. The van der Waals surface area contributed by atoms with E-state index in [1.165, 1.54) is 12.8 Å². The minimum atomic E-state index is 0.229. The van der Waals surface area contributed by atoms with E-state index in [-0.39, 0.29) is 5.92 Å². The third kappa shape index (κ3) is 2.04. The van der Waals surface area contributed by atoms with E-state index < -0.39 is 0 Å². The first-order valence-electron chi connectivity index (χ1n) is 6.30. The van der Waals surface area contributed by atoms with Crippen LogP contribution in [-0.4, -0.2) is 15.6 Å². The van der Waals surface area contributed by atoms with Crippen molar-refractivity contribution in [2.24, 2.45) is 11.8 Å². The number of Topliss-reactive ketones (excluding diaryl/α,β-unsaturated/α-hetero) is 1. The van der Waals surface area contributed by atoms with E-state index in [1.807, 2.05) is 10.7 Å². The molecule has 1 aliphatic carbocycles. The highest BCUT2D eigenvalue weighted by Crippen LogP contribution is 2.33. The van der Waals surface area contributed by atoms with Gasteiger partial charge >= 0.3 is 0 Å². The van der Waals surface area contributed by atoms with E-state index in [0.717, 1.165) is 25.1 Å². The Morgan fingerprint density at radius 1 is 1.56 bits per heavy atom. The molecular weight excluding hydrogens is 200 g/mol.